The smallest absolute Gasteiger partial charge is 0.168 e. The number of aryl methyl sites for hydroxylation is 1. The number of nitrogens with two attached hydrogens (primary N) is 1. The molecule has 90 valence electrons. The quantitative estimate of drug-likeness (QED) is 0.884. The standard InChI is InChI=1S/C10H10F2N4S/c1-5-3-14-8(17-5)4-15-10-7(12)2-6(11)9(13)16-10/h2-3H,4H2,1H3,(H3,13,15,16). The van der Waals surface area contributed by atoms with Gasteiger partial charge < -0.3 is 11.1 Å². The van der Waals surface area contributed by atoms with Crippen molar-refractivity contribution in [2.24, 2.45) is 0 Å². The Morgan fingerprint density at radius 1 is 1.41 bits per heavy atom. The molecule has 0 aliphatic carbocycles. The highest BCUT2D eigenvalue weighted by Crippen LogP contribution is 2.18. The van der Waals surface area contributed by atoms with Gasteiger partial charge in [-0.05, 0) is 6.92 Å². The van der Waals surface area contributed by atoms with E-state index in [9.17, 15) is 8.78 Å². The van der Waals surface area contributed by atoms with Gasteiger partial charge in [0.15, 0.2) is 23.3 Å². The van der Waals surface area contributed by atoms with Gasteiger partial charge in [0.25, 0.3) is 0 Å². The Labute approximate surface area is 101 Å². The second kappa shape index (κ2) is 4.62. The van der Waals surface area contributed by atoms with E-state index in [1.165, 1.54) is 11.3 Å². The van der Waals surface area contributed by atoms with E-state index in [-0.39, 0.29) is 11.6 Å². The molecular weight excluding hydrogens is 246 g/mol. The number of aromatic nitrogens is 2. The summed E-state index contributed by atoms with van der Waals surface area (Å²) in [6, 6.07) is 0.706. The van der Waals surface area contributed by atoms with E-state index in [1.54, 1.807) is 6.20 Å². The Hall–Kier alpha value is -1.76. The number of nitrogen functional groups attached to an aromatic ring is 1. The average Bonchev–Trinajstić information content (AvgIpc) is 2.68. The topological polar surface area (TPSA) is 63.8 Å². The fourth-order valence-corrected chi connectivity index (χ4v) is 1.97. The number of hydrogen-bond donors (Lipinski definition) is 2. The molecule has 3 N–H and O–H groups in total. The lowest BCUT2D eigenvalue weighted by molar-refractivity contribution is 0.579. The fraction of sp³-hybridized carbons (Fsp3) is 0.200. The van der Waals surface area contributed by atoms with E-state index in [0.29, 0.717) is 12.6 Å². The number of pyridine rings is 1. The molecule has 0 saturated heterocycles. The number of hydrogen-bond acceptors (Lipinski definition) is 5. The van der Waals surface area contributed by atoms with Gasteiger partial charge >= 0.3 is 0 Å². The molecule has 0 bridgehead atoms. The summed E-state index contributed by atoms with van der Waals surface area (Å²) < 4.78 is 26.2. The highest BCUT2D eigenvalue weighted by atomic mass is 32.1. The Morgan fingerprint density at radius 2 is 2.18 bits per heavy atom. The molecule has 0 unspecified atom stereocenters. The number of nitrogens with zero attached hydrogens (tertiary/aromatic N) is 2. The molecule has 0 aliphatic rings. The molecule has 0 aromatic carbocycles. The van der Waals surface area contributed by atoms with Crippen LogP contribution < -0.4 is 11.1 Å². The van der Waals surface area contributed by atoms with Crippen LogP contribution in [0.1, 0.15) is 9.88 Å². The maximum atomic E-state index is 13.3. The van der Waals surface area contributed by atoms with Crippen molar-refractivity contribution in [2.75, 3.05) is 11.1 Å². The van der Waals surface area contributed by atoms with Crippen molar-refractivity contribution in [1.82, 2.24) is 9.97 Å². The Kier molecular flexibility index (Phi) is 3.19. The third-order valence-corrected chi connectivity index (χ3v) is 2.95. The van der Waals surface area contributed by atoms with E-state index in [0.717, 1.165) is 9.88 Å². The Morgan fingerprint density at radius 3 is 2.82 bits per heavy atom. The van der Waals surface area contributed by atoms with Gasteiger partial charge in [0, 0.05) is 17.1 Å². The molecule has 0 spiro atoms. The predicted molar refractivity (Wildman–Crippen MR) is 62.7 cm³/mol. The highest BCUT2D eigenvalue weighted by molar-refractivity contribution is 7.11. The van der Waals surface area contributed by atoms with Crippen LogP contribution in [0, 0.1) is 18.6 Å². The van der Waals surface area contributed by atoms with Gasteiger partial charge in [0.05, 0.1) is 6.54 Å². The summed E-state index contributed by atoms with van der Waals surface area (Å²) in [4.78, 5) is 8.75. The van der Waals surface area contributed by atoms with Crippen molar-refractivity contribution in [2.45, 2.75) is 13.5 Å². The summed E-state index contributed by atoms with van der Waals surface area (Å²) in [6.45, 7) is 2.25. The zero-order valence-electron chi connectivity index (χ0n) is 9.00. The van der Waals surface area contributed by atoms with E-state index in [2.05, 4.69) is 15.3 Å². The molecule has 2 rings (SSSR count). The van der Waals surface area contributed by atoms with Crippen LogP contribution in [0.2, 0.25) is 0 Å². The van der Waals surface area contributed by atoms with Gasteiger partial charge in [-0.25, -0.2) is 18.7 Å². The van der Waals surface area contributed by atoms with Gasteiger partial charge in [0.2, 0.25) is 0 Å². The minimum absolute atomic E-state index is 0.0725. The minimum atomic E-state index is -0.863. The van der Waals surface area contributed by atoms with Crippen molar-refractivity contribution in [1.29, 1.82) is 0 Å². The molecule has 4 nitrogen and oxygen atoms in total. The largest absolute Gasteiger partial charge is 0.381 e. The normalized spacial score (nSPS) is 10.5. The first-order valence-electron chi connectivity index (χ1n) is 4.83. The molecule has 0 aliphatic heterocycles. The zero-order valence-corrected chi connectivity index (χ0v) is 9.81. The first-order valence-corrected chi connectivity index (χ1v) is 5.64. The lowest BCUT2D eigenvalue weighted by Gasteiger charge is -2.06. The minimum Gasteiger partial charge on any atom is -0.381 e. The number of thiazole rings is 1. The maximum absolute atomic E-state index is 13.3. The van der Waals surface area contributed by atoms with E-state index in [1.807, 2.05) is 6.92 Å². The first-order chi connectivity index (χ1) is 8.06. The van der Waals surface area contributed by atoms with Crippen LogP contribution in [0.3, 0.4) is 0 Å². The second-order valence-electron chi connectivity index (χ2n) is 3.40. The first kappa shape index (κ1) is 11.7. The van der Waals surface area contributed by atoms with Gasteiger partial charge in [-0.1, -0.05) is 0 Å². The number of halogens is 2. The third-order valence-electron chi connectivity index (χ3n) is 2.03. The van der Waals surface area contributed by atoms with Crippen LogP contribution in [0.15, 0.2) is 12.3 Å². The predicted octanol–water partition coefficient (Wildman–Crippen LogP) is 2.32. The van der Waals surface area contributed by atoms with Crippen LogP contribution in [0.4, 0.5) is 20.4 Å². The molecule has 0 radical (unpaired) electrons. The van der Waals surface area contributed by atoms with E-state index < -0.39 is 11.6 Å². The zero-order chi connectivity index (χ0) is 12.4. The Bertz CT molecular complexity index is 541. The molecule has 0 fully saturated rings. The van der Waals surface area contributed by atoms with Crippen molar-refractivity contribution < 1.29 is 8.78 Å². The lowest BCUT2D eigenvalue weighted by Crippen LogP contribution is -2.06. The maximum Gasteiger partial charge on any atom is 0.168 e. The number of nitrogens with one attached hydrogen (secondary N) is 1. The summed E-state index contributed by atoms with van der Waals surface area (Å²) in [5, 5.41) is 3.52. The molecule has 0 atom stereocenters. The molecule has 0 amide bonds. The van der Waals surface area contributed by atoms with E-state index in [4.69, 9.17) is 5.73 Å². The SMILES string of the molecule is Cc1cnc(CNc2nc(N)c(F)cc2F)s1. The fourth-order valence-electron chi connectivity index (χ4n) is 1.25. The summed E-state index contributed by atoms with van der Waals surface area (Å²) >= 11 is 1.49. The van der Waals surface area contributed by atoms with Crippen molar-refractivity contribution in [3.8, 4) is 0 Å². The number of rotatable bonds is 3. The van der Waals surface area contributed by atoms with Crippen LogP contribution in [0.5, 0.6) is 0 Å². The van der Waals surface area contributed by atoms with Crippen molar-refractivity contribution in [3.05, 3.63) is 33.8 Å². The van der Waals surface area contributed by atoms with Gasteiger partial charge in [0.1, 0.15) is 5.01 Å². The lowest BCUT2D eigenvalue weighted by atomic mass is 10.4. The summed E-state index contributed by atoms with van der Waals surface area (Å²) in [5.41, 5.74) is 5.26. The van der Waals surface area contributed by atoms with Gasteiger partial charge in [-0.2, -0.15) is 0 Å². The third kappa shape index (κ3) is 2.68. The van der Waals surface area contributed by atoms with E-state index >= 15 is 0 Å². The summed E-state index contributed by atoms with van der Waals surface area (Å²) in [5.74, 6) is -2.04. The molecule has 17 heavy (non-hydrogen) atoms. The van der Waals surface area contributed by atoms with Crippen LogP contribution in [0.25, 0.3) is 0 Å². The van der Waals surface area contributed by atoms with Crippen LogP contribution >= 0.6 is 11.3 Å². The second-order valence-corrected chi connectivity index (χ2v) is 4.72. The van der Waals surface area contributed by atoms with Crippen molar-refractivity contribution in [3.63, 3.8) is 0 Å². The van der Waals surface area contributed by atoms with Crippen LogP contribution in [-0.2, 0) is 6.54 Å². The highest BCUT2D eigenvalue weighted by Gasteiger charge is 2.09. The summed E-state index contributed by atoms with van der Waals surface area (Å²) in [7, 11) is 0. The number of anilines is 2. The molecule has 2 heterocycles. The van der Waals surface area contributed by atoms with Gasteiger partial charge in [-0.3, -0.25) is 0 Å². The monoisotopic (exact) mass is 256 g/mol. The average molecular weight is 256 g/mol. The molecule has 7 heteroatoms. The van der Waals surface area contributed by atoms with Crippen LogP contribution in [-0.4, -0.2) is 9.97 Å². The van der Waals surface area contributed by atoms with Gasteiger partial charge in [-0.15, -0.1) is 11.3 Å². The molecule has 0 saturated carbocycles. The molecular formula is C10H10F2N4S. The molecule has 2 aromatic heterocycles. The summed E-state index contributed by atoms with van der Waals surface area (Å²) in [6.07, 6.45) is 1.73. The van der Waals surface area contributed by atoms with Crippen molar-refractivity contribution >= 4 is 23.0 Å². The molecule has 2 aromatic rings. The Balaban J connectivity index is 2.11.